The summed E-state index contributed by atoms with van der Waals surface area (Å²) >= 11 is 1.65. The van der Waals surface area contributed by atoms with Crippen LogP contribution in [0, 0.1) is 0 Å². The molecule has 0 aliphatic rings. The monoisotopic (exact) mass is 298 g/mol. The molecular weight excluding hydrogens is 280 g/mol. The minimum absolute atomic E-state index is 0.0164. The molecular formula is C16H18N4S. The Hall–Kier alpha value is -1.98. The molecule has 1 aromatic carbocycles. The van der Waals surface area contributed by atoms with E-state index in [-0.39, 0.29) is 6.04 Å². The van der Waals surface area contributed by atoms with Crippen LogP contribution in [-0.2, 0) is 13.0 Å². The van der Waals surface area contributed by atoms with Crippen molar-refractivity contribution in [2.24, 2.45) is 5.73 Å². The summed E-state index contributed by atoms with van der Waals surface area (Å²) < 4.78 is 2.10. The van der Waals surface area contributed by atoms with E-state index in [1.54, 1.807) is 11.3 Å². The molecule has 0 fully saturated rings. The normalized spacial score (nSPS) is 12.5. The highest BCUT2D eigenvalue weighted by atomic mass is 32.1. The Morgan fingerprint density at radius 3 is 2.86 bits per heavy atom. The van der Waals surface area contributed by atoms with Gasteiger partial charge in [0.15, 0.2) is 0 Å². The van der Waals surface area contributed by atoms with Gasteiger partial charge in [0.1, 0.15) is 5.01 Å². The van der Waals surface area contributed by atoms with Crippen LogP contribution in [0.5, 0.6) is 0 Å². The van der Waals surface area contributed by atoms with E-state index < -0.39 is 0 Å². The molecule has 2 aromatic heterocycles. The molecule has 3 aromatic rings. The summed E-state index contributed by atoms with van der Waals surface area (Å²) in [5, 5.41) is 3.09. The molecule has 108 valence electrons. The van der Waals surface area contributed by atoms with Crippen molar-refractivity contribution >= 4 is 11.3 Å². The number of nitrogens with two attached hydrogens (primary N) is 1. The maximum atomic E-state index is 6.26. The van der Waals surface area contributed by atoms with Gasteiger partial charge in [0.05, 0.1) is 23.9 Å². The van der Waals surface area contributed by atoms with E-state index in [9.17, 15) is 0 Å². The number of aromatic nitrogens is 3. The summed E-state index contributed by atoms with van der Waals surface area (Å²) in [6.45, 7) is 3.00. The summed E-state index contributed by atoms with van der Waals surface area (Å²) in [7, 11) is 0. The first-order chi connectivity index (χ1) is 10.3. The van der Waals surface area contributed by atoms with Crippen molar-refractivity contribution in [3.8, 4) is 10.7 Å². The molecule has 2 N–H and O–H groups in total. The summed E-state index contributed by atoms with van der Waals surface area (Å²) in [5.74, 6) is 0. The molecule has 0 aliphatic carbocycles. The molecule has 2 heterocycles. The van der Waals surface area contributed by atoms with Gasteiger partial charge in [-0.15, -0.1) is 11.3 Å². The van der Waals surface area contributed by atoms with E-state index in [1.165, 1.54) is 0 Å². The number of nitrogens with zero attached hydrogens (tertiary/aromatic N) is 3. The van der Waals surface area contributed by atoms with Crippen LogP contribution < -0.4 is 5.73 Å². The number of hydrogen-bond acceptors (Lipinski definition) is 4. The van der Waals surface area contributed by atoms with Gasteiger partial charge in [0.25, 0.3) is 0 Å². The van der Waals surface area contributed by atoms with Crippen molar-refractivity contribution in [1.29, 1.82) is 0 Å². The van der Waals surface area contributed by atoms with Gasteiger partial charge >= 0.3 is 0 Å². The molecule has 0 aliphatic heterocycles. The molecule has 4 nitrogen and oxygen atoms in total. The zero-order chi connectivity index (χ0) is 14.7. The molecule has 0 bridgehead atoms. The van der Waals surface area contributed by atoms with Crippen LogP contribution in [0.15, 0.2) is 48.2 Å². The average Bonchev–Trinajstić information content (AvgIpc) is 3.16. The first-order valence-corrected chi connectivity index (χ1v) is 7.91. The van der Waals surface area contributed by atoms with E-state index >= 15 is 0 Å². The third-order valence-corrected chi connectivity index (χ3v) is 4.39. The minimum Gasteiger partial charge on any atom is -0.329 e. The predicted molar refractivity (Wildman–Crippen MR) is 86.1 cm³/mol. The Kier molecular flexibility index (Phi) is 4.13. The highest BCUT2D eigenvalue weighted by Crippen LogP contribution is 2.25. The van der Waals surface area contributed by atoms with Crippen molar-refractivity contribution in [2.45, 2.75) is 25.9 Å². The number of imidazole rings is 1. The Morgan fingerprint density at radius 2 is 2.10 bits per heavy atom. The summed E-state index contributed by atoms with van der Waals surface area (Å²) in [4.78, 5) is 8.90. The largest absolute Gasteiger partial charge is 0.329 e. The van der Waals surface area contributed by atoms with E-state index in [1.807, 2.05) is 30.7 Å². The van der Waals surface area contributed by atoms with Gasteiger partial charge in [-0.3, -0.25) is 0 Å². The highest BCUT2D eigenvalue weighted by Gasteiger charge is 2.12. The standard InChI is InChI=1S/C16H18N4S/c1-2-20-11-18-9-15(20)16-19-13(10-21-16)8-14(17)12-6-4-3-5-7-12/h3-7,9-11,14H,2,8,17H2,1H3. The fraction of sp³-hybridized carbons (Fsp3) is 0.250. The van der Waals surface area contributed by atoms with Gasteiger partial charge in [-0.05, 0) is 12.5 Å². The lowest BCUT2D eigenvalue weighted by Crippen LogP contribution is -2.13. The van der Waals surface area contributed by atoms with Crippen molar-refractivity contribution in [1.82, 2.24) is 14.5 Å². The van der Waals surface area contributed by atoms with Crippen LogP contribution in [0.1, 0.15) is 24.2 Å². The number of aryl methyl sites for hydroxylation is 1. The van der Waals surface area contributed by atoms with Crippen molar-refractivity contribution in [3.63, 3.8) is 0 Å². The Labute approximate surface area is 128 Å². The topological polar surface area (TPSA) is 56.7 Å². The van der Waals surface area contributed by atoms with Gasteiger partial charge in [0.2, 0.25) is 0 Å². The van der Waals surface area contributed by atoms with Crippen LogP contribution in [0.25, 0.3) is 10.7 Å². The first-order valence-electron chi connectivity index (χ1n) is 7.03. The minimum atomic E-state index is -0.0164. The maximum Gasteiger partial charge on any atom is 0.141 e. The molecule has 5 heteroatoms. The zero-order valence-electron chi connectivity index (χ0n) is 11.9. The smallest absolute Gasteiger partial charge is 0.141 e. The van der Waals surface area contributed by atoms with Crippen LogP contribution in [0.4, 0.5) is 0 Å². The second-order valence-electron chi connectivity index (χ2n) is 4.93. The highest BCUT2D eigenvalue weighted by molar-refractivity contribution is 7.13. The molecule has 0 saturated heterocycles. The van der Waals surface area contributed by atoms with Crippen molar-refractivity contribution in [2.75, 3.05) is 0 Å². The average molecular weight is 298 g/mol. The summed E-state index contributed by atoms with van der Waals surface area (Å²) in [6.07, 6.45) is 4.45. The van der Waals surface area contributed by atoms with Crippen LogP contribution in [0.2, 0.25) is 0 Å². The number of thiazole rings is 1. The number of hydrogen-bond donors (Lipinski definition) is 1. The second kappa shape index (κ2) is 6.20. The fourth-order valence-corrected chi connectivity index (χ4v) is 3.17. The van der Waals surface area contributed by atoms with Gasteiger partial charge < -0.3 is 10.3 Å². The summed E-state index contributed by atoms with van der Waals surface area (Å²) in [6, 6.07) is 10.1. The lowest BCUT2D eigenvalue weighted by Gasteiger charge is -2.09. The van der Waals surface area contributed by atoms with Crippen molar-refractivity contribution < 1.29 is 0 Å². The molecule has 1 unspecified atom stereocenters. The first kappa shape index (κ1) is 14.0. The maximum absolute atomic E-state index is 6.26. The molecule has 0 radical (unpaired) electrons. The van der Waals surface area contributed by atoms with E-state index in [4.69, 9.17) is 10.7 Å². The molecule has 0 spiro atoms. The molecule has 0 amide bonds. The van der Waals surface area contributed by atoms with Crippen LogP contribution >= 0.6 is 11.3 Å². The van der Waals surface area contributed by atoms with Crippen LogP contribution in [-0.4, -0.2) is 14.5 Å². The van der Waals surface area contributed by atoms with Gasteiger partial charge in [-0.2, -0.15) is 0 Å². The molecule has 0 saturated carbocycles. The molecule has 3 rings (SSSR count). The van der Waals surface area contributed by atoms with Gasteiger partial charge in [-0.25, -0.2) is 9.97 Å². The lowest BCUT2D eigenvalue weighted by molar-refractivity contribution is 0.709. The Bertz CT molecular complexity index is 702. The number of benzene rings is 1. The second-order valence-corrected chi connectivity index (χ2v) is 5.79. The van der Waals surface area contributed by atoms with Crippen LogP contribution in [0.3, 0.4) is 0 Å². The Balaban J connectivity index is 1.77. The van der Waals surface area contributed by atoms with E-state index in [2.05, 4.69) is 34.0 Å². The van der Waals surface area contributed by atoms with Gasteiger partial charge in [0, 0.05) is 24.4 Å². The quantitative estimate of drug-likeness (QED) is 0.786. The SMILES string of the molecule is CCn1cncc1-c1nc(CC(N)c2ccccc2)cs1. The predicted octanol–water partition coefficient (Wildman–Crippen LogP) is 3.27. The van der Waals surface area contributed by atoms with E-state index in [0.717, 1.165) is 34.9 Å². The molecule has 1 atom stereocenters. The molecule has 21 heavy (non-hydrogen) atoms. The zero-order valence-corrected chi connectivity index (χ0v) is 12.8. The Morgan fingerprint density at radius 1 is 1.29 bits per heavy atom. The lowest BCUT2D eigenvalue weighted by atomic mass is 10.0. The fourth-order valence-electron chi connectivity index (χ4n) is 2.31. The number of rotatable bonds is 5. The van der Waals surface area contributed by atoms with Crippen molar-refractivity contribution in [3.05, 3.63) is 59.5 Å². The summed E-state index contributed by atoms with van der Waals surface area (Å²) in [5.41, 5.74) is 9.51. The van der Waals surface area contributed by atoms with E-state index in [0.29, 0.717) is 0 Å². The van der Waals surface area contributed by atoms with Gasteiger partial charge in [-0.1, -0.05) is 30.3 Å². The third kappa shape index (κ3) is 3.04. The third-order valence-electron chi connectivity index (χ3n) is 3.48.